The third-order valence-corrected chi connectivity index (χ3v) is 6.80. The third kappa shape index (κ3) is 3.12. The Morgan fingerprint density at radius 1 is 1.28 bits per heavy atom. The van der Waals surface area contributed by atoms with Crippen molar-refractivity contribution in [1.82, 2.24) is 24.8 Å². The average molecular weight is 363 g/mol. The van der Waals surface area contributed by atoms with Gasteiger partial charge in [0.2, 0.25) is 0 Å². The van der Waals surface area contributed by atoms with Crippen LogP contribution in [0.25, 0.3) is 0 Å². The maximum Gasteiger partial charge on any atom is 0.188 e. The number of nitrogens with zero attached hydrogens (tertiary/aromatic N) is 5. The molecule has 1 aliphatic carbocycles. The number of carbonyl (C=O) groups is 1. The van der Waals surface area contributed by atoms with Gasteiger partial charge in [0, 0.05) is 28.9 Å². The predicted molar refractivity (Wildman–Crippen MR) is 90.3 cm³/mol. The van der Waals surface area contributed by atoms with Gasteiger partial charge in [-0.2, -0.15) is 4.80 Å². The standard InChI is InChI=1S/C16H21N5O3S/c1-10-7-14(11(2)21(10)13-5-6-25(23,24)9-13)15(22)8-20-18-16(17-19-20)12-3-4-12/h7,12-13H,3-6,8-9H2,1-2H3. The summed E-state index contributed by atoms with van der Waals surface area (Å²) in [7, 11) is -2.97. The number of sulfone groups is 1. The Labute approximate surface area is 146 Å². The zero-order valence-corrected chi connectivity index (χ0v) is 15.2. The molecular weight excluding hydrogens is 342 g/mol. The minimum Gasteiger partial charge on any atom is -0.344 e. The van der Waals surface area contributed by atoms with Gasteiger partial charge in [-0.05, 0) is 44.4 Å². The lowest BCUT2D eigenvalue weighted by molar-refractivity contribution is 0.0960. The van der Waals surface area contributed by atoms with E-state index in [9.17, 15) is 13.2 Å². The maximum atomic E-state index is 12.7. The molecule has 2 fully saturated rings. The first kappa shape index (κ1) is 16.4. The van der Waals surface area contributed by atoms with Crippen molar-refractivity contribution in [2.24, 2.45) is 0 Å². The van der Waals surface area contributed by atoms with Crippen molar-refractivity contribution in [2.75, 3.05) is 11.5 Å². The first-order chi connectivity index (χ1) is 11.8. The molecule has 0 amide bonds. The zero-order valence-electron chi connectivity index (χ0n) is 14.3. The van der Waals surface area contributed by atoms with Gasteiger partial charge in [-0.15, -0.1) is 10.2 Å². The smallest absolute Gasteiger partial charge is 0.188 e. The lowest BCUT2D eigenvalue weighted by atomic mass is 10.1. The zero-order chi connectivity index (χ0) is 17.8. The molecule has 3 heterocycles. The summed E-state index contributed by atoms with van der Waals surface area (Å²) in [5.74, 6) is 1.39. The second kappa shape index (κ2) is 5.76. The van der Waals surface area contributed by atoms with Crippen LogP contribution in [0.2, 0.25) is 0 Å². The molecule has 4 rings (SSSR count). The molecule has 1 atom stereocenters. The fourth-order valence-corrected chi connectivity index (χ4v) is 5.34. The molecule has 0 radical (unpaired) electrons. The molecule has 25 heavy (non-hydrogen) atoms. The van der Waals surface area contributed by atoms with Gasteiger partial charge in [-0.3, -0.25) is 4.79 Å². The largest absolute Gasteiger partial charge is 0.344 e. The number of Topliss-reactive ketones (excluding diaryl/α,β-unsaturated/α-hetero) is 1. The number of carbonyl (C=O) groups excluding carboxylic acids is 1. The van der Waals surface area contributed by atoms with Gasteiger partial charge in [0.15, 0.2) is 21.4 Å². The van der Waals surface area contributed by atoms with E-state index < -0.39 is 9.84 Å². The van der Waals surface area contributed by atoms with Gasteiger partial charge in [-0.25, -0.2) is 8.42 Å². The quantitative estimate of drug-likeness (QED) is 0.740. The summed E-state index contributed by atoms with van der Waals surface area (Å²) in [6.45, 7) is 3.83. The van der Waals surface area contributed by atoms with Crippen LogP contribution in [0.15, 0.2) is 6.07 Å². The minimum absolute atomic E-state index is 0.0486. The number of hydrogen-bond donors (Lipinski definition) is 0. The van der Waals surface area contributed by atoms with E-state index in [-0.39, 0.29) is 29.9 Å². The Hall–Kier alpha value is -2.03. The van der Waals surface area contributed by atoms with Crippen LogP contribution < -0.4 is 0 Å². The van der Waals surface area contributed by atoms with Crippen LogP contribution in [-0.2, 0) is 16.4 Å². The summed E-state index contributed by atoms with van der Waals surface area (Å²) in [6.07, 6.45) is 2.78. The van der Waals surface area contributed by atoms with Crippen LogP contribution in [0.1, 0.15) is 58.8 Å². The van der Waals surface area contributed by atoms with Gasteiger partial charge >= 0.3 is 0 Å². The monoisotopic (exact) mass is 363 g/mol. The molecule has 0 N–H and O–H groups in total. The molecule has 1 aliphatic heterocycles. The Balaban J connectivity index is 1.55. The summed E-state index contributed by atoms with van der Waals surface area (Å²) in [5, 5.41) is 12.3. The van der Waals surface area contributed by atoms with E-state index >= 15 is 0 Å². The van der Waals surface area contributed by atoms with Crippen molar-refractivity contribution < 1.29 is 13.2 Å². The average Bonchev–Trinajstić information content (AvgIpc) is 3.08. The SMILES string of the molecule is Cc1cc(C(=O)Cn2nnc(C3CC3)n2)c(C)n1C1CCS(=O)(=O)C1. The van der Waals surface area contributed by atoms with Crippen molar-refractivity contribution in [3.05, 3.63) is 28.8 Å². The first-order valence-corrected chi connectivity index (χ1v) is 10.4. The van der Waals surface area contributed by atoms with Crippen LogP contribution in [0.5, 0.6) is 0 Å². The molecule has 2 aromatic heterocycles. The molecular formula is C16H21N5O3S. The minimum atomic E-state index is -2.97. The van der Waals surface area contributed by atoms with Gasteiger partial charge < -0.3 is 4.57 Å². The summed E-state index contributed by atoms with van der Waals surface area (Å²) in [5.41, 5.74) is 2.33. The topological polar surface area (TPSA) is 99.7 Å². The van der Waals surface area contributed by atoms with E-state index in [0.29, 0.717) is 17.9 Å². The van der Waals surface area contributed by atoms with Crippen molar-refractivity contribution in [1.29, 1.82) is 0 Å². The van der Waals surface area contributed by atoms with E-state index in [0.717, 1.165) is 30.1 Å². The molecule has 134 valence electrons. The van der Waals surface area contributed by atoms with Crippen LogP contribution in [-0.4, -0.2) is 50.5 Å². The van der Waals surface area contributed by atoms with E-state index in [2.05, 4.69) is 15.4 Å². The summed E-state index contributed by atoms with van der Waals surface area (Å²) < 4.78 is 25.5. The fraction of sp³-hybridized carbons (Fsp3) is 0.625. The van der Waals surface area contributed by atoms with E-state index in [1.165, 1.54) is 4.80 Å². The number of rotatable bonds is 5. The van der Waals surface area contributed by atoms with Crippen molar-refractivity contribution in [3.63, 3.8) is 0 Å². The Morgan fingerprint density at radius 2 is 2.04 bits per heavy atom. The Morgan fingerprint density at radius 3 is 2.68 bits per heavy atom. The molecule has 8 nitrogen and oxygen atoms in total. The lowest BCUT2D eigenvalue weighted by Gasteiger charge is -2.16. The van der Waals surface area contributed by atoms with Crippen LogP contribution >= 0.6 is 0 Å². The molecule has 1 saturated heterocycles. The third-order valence-electron chi connectivity index (χ3n) is 5.05. The molecule has 2 aromatic rings. The van der Waals surface area contributed by atoms with Crippen LogP contribution in [0.4, 0.5) is 0 Å². The van der Waals surface area contributed by atoms with Gasteiger partial charge in [0.25, 0.3) is 0 Å². The van der Waals surface area contributed by atoms with Gasteiger partial charge in [-0.1, -0.05) is 0 Å². The molecule has 9 heteroatoms. The molecule has 0 aromatic carbocycles. The molecule has 0 bridgehead atoms. The highest BCUT2D eigenvalue weighted by Gasteiger charge is 2.32. The molecule has 1 saturated carbocycles. The van der Waals surface area contributed by atoms with Crippen molar-refractivity contribution >= 4 is 15.6 Å². The van der Waals surface area contributed by atoms with Crippen molar-refractivity contribution in [2.45, 2.75) is 51.6 Å². The van der Waals surface area contributed by atoms with Crippen LogP contribution in [0, 0.1) is 13.8 Å². The van der Waals surface area contributed by atoms with Gasteiger partial charge in [0.1, 0.15) is 6.54 Å². The molecule has 2 aliphatic rings. The van der Waals surface area contributed by atoms with E-state index in [1.807, 2.05) is 24.5 Å². The van der Waals surface area contributed by atoms with Crippen molar-refractivity contribution in [3.8, 4) is 0 Å². The van der Waals surface area contributed by atoms with E-state index in [1.54, 1.807) is 0 Å². The highest BCUT2D eigenvalue weighted by atomic mass is 32.2. The van der Waals surface area contributed by atoms with Crippen LogP contribution in [0.3, 0.4) is 0 Å². The molecule has 0 spiro atoms. The van der Waals surface area contributed by atoms with Gasteiger partial charge in [0.05, 0.1) is 11.5 Å². The summed E-state index contributed by atoms with van der Waals surface area (Å²) >= 11 is 0. The normalized spacial score (nSPS) is 22.4. The van der Waals surface area contributed by atoms with E-state index in [4.69, 9.17) is 0 Å². The summed E-state index contributed by atoms with van der Waals surface area (Å²) in [4.78, 5) is 14.0. The number of ketones is 1. The predicted octanol–water partition coefficient (Wildman–Crippen LogP) is 1.21. The number of hydrogen-bond acceptors (Lipinski definition) is 6. The second-order valence-electron chi connectivity index (χ2n) is 7.09. The highest BCUT2D eigenvalue weighted by molar-refractivity contribution is 7.91. The number of tetrazole rings is 1. The summed E-state index contributed by atoms with van der Waals surface area (Å²) in [6, 6.07) is 1.75. The number of aromatic nitrogens is 5. The maximum absolute atomic E-state index is 12.7. The lowest BCUT2D eigenvalue weighted by Crippen LogP contribution is -2.16. The molecule has 1 unspecified atom stereocenters. The highest BCUT2D eigenvalue weighted by Crippen LogP contribution is 2.37. The first-order valence-electron chi connectivity index (χ1n) is 8.54. The Kier molecular flexibility index (Phi) is 3.78. The Bertz CT molecular complexity index is 939. The second-order valence-corrected chi connectivity index (χ2v) is 9.32. The number of aryl methyl sites for hydroxylation is 1. The fourth-order valence-electron chi connectivity index (χ4n) is 3.64.